The van der Waals surface area contributed by atoms with E-state index in [9.17, 15) is 8.42 Å². The Kier molecular flexibility index (Phi) is 8.41. The highest BCUT2D eigenvalue weighted by atomic mass is 32.2. The predicted molar refractivity (Wildman–Crippen MR) is 135 cm³/mol. The number of aromatic nitrogens is 1. The molecule has 35 heavy (non-hydrogen) atoms. The van der Waals surface area contributed by atoms with Crippen molar-refractivity contribution < 1.29 is 18.1 Å². The molecule has 0 radical (unpaired) electrons. The Bertz CT molecular complexity index is 1320. The van der Waals surface area contributed by atoms with Gasteiger partial charge >= 0.3 is 0 Å². The van der Waals surface area contributed by atoms with Crippen molar-refractivity contribution in [3.63, 3.8) is 0 Å². The monoisotopic (exact) mass is 493 g/mol. The first-order valence-corrected chi connectivity index (χ1v) is 12.5. The molecule has 0 aliphatic heterocycles. The average Bonchev–Trinajstić information content (AvgIpc) is 2.79. The minimum absolute atomic E-state index is 0.0472. The Morgan fingerprint density at radius 3 is 2.23 bits per heavy atom. The Labute approximate surface area is 205 Å². The molecule has 3 rings (SSSR count). The molecule has 0 atom stereocenters. The van der Waals surface area contributed by atoms with Gasteiger partial charge in [-0.05, 0) is 49.6 Å². The lowest BCUT2D eigenvalue weighted by Gasteiger charge is -2.14. The number of aliphatic imine (C=N–C) groups is 1. The summed E-state index contributed by atoms with van der Waals surface area (Å²) < 4.78 is 30.4. The van der Waals surface area contributed by atoms with E-state index in [1.807, 2.05) is 54.3 Å². The number of aliphatic hydroxyl groups is 1. The largest absolute Gasteiger partial charge is 0.390 e. The van der Waals surface area contributed by atoms with Crippen molar-refractivity contribution in [1.29, 1.82) is 5.26 Å². The van der Waals surface area contributed by atoms with E-state index in [0.717, 1.165) is 16.8 Å². The third-order valence-corrected chi connectivity index (χ3v) is 6.87. The number of benzene rings is 2. The standard InChI is InChI=1S/C25H28N6O3S/c1-18-14-19(2)24(20(3)15-18)35(33,34)30-23-6-4-21(5-7-23)16-27-25(28-17-26)29-22-8-10-31(11-9-22)12-13-32/h4-11,14-15,30,32H,12-13,16H2,1-3H3,(H,27,28)/p+1. The van der Waals surface area contributed by atoms with Gasteiger partial charge in [0.2, 0.25) is 5.96 Å². The number of aliphatic hydroxyl groups excluding tert-OH is 1. The Balaban J connectivity index is 1.69. The Hall–Kier alpha value is -3.94. The number of pyridine rings is 1. The summed E-state index contributed by atoms with van der Waals surface area (Å²) in [6, 6.07) is 14.2. The summed E-state index contributed by atoms with van der Waals surface area (Å²) in [5.41, 5.74) is 4.43. The van der Waals surface area contributed by atoms with E-state index in [2.05, 4.69) is 20.3 Å². The highest BCUT2D eigenvalue weighted by molar-refractivity contribution is 7.92. The number of nitriles is 1. The van der Waals surface area contributed by atoms with Crippen LogP contribution in [0.3, 0.4) is 0 Å². The molecule has 0 saturated heterocycles. The molecule has 0 bridgehead atoms. The quantitative estimate of drug-likeness (QED) is 0.126. The van der Waals surface area contributed by atoms with Crippen molar-refractivity contribution >= 4 is 27.4 Å². The molecule has 0 amide bonds. The second-order valence-electron chi connectivity index (χ2n) is 8.11. The number of nitrogens with zero attached hydrogens (tertiary/aromatic N) is 3. The van der Waals surface area contributed by atoms with E-state index >= 15 is 0 Å². The molecular formula is C25H29N6O3S+. The van der Waals surface area contributed by atoms with Crippen LogP contribution in [0.1, 0.15) is 22.3 Å². The lowest BCUT2D eigenvalue weighted by Crippen LogP contribution is -2.34. The summed E-state index contributed by atoms with van der Waals surface area (Å²) in [6.45, 7) is 6.33. The maximum absolute atomic E-state index is 13.0. The van der Waals surface area contributed by atoms with E-state index in [-0.39, 0.29) is 24.0 Å². The third kappa shape index (κ3) is 7.02. The smallest absolute Gasteiger partial charge is 0.262 e. The SMILES string of the molecule is Cc1cc(C)c(S(=O)(=O)Nc2ccc(CN=C(NC#N)Nc3cc[n+](CCO)cc3)cc2)c(C)c1. The second kappa shape index (κ2) is 11.5. The Morgan fingerprint density at radius 1 is 1.03 bits per heavy atom. The van der Waals surface area contributed by atoms with Crippen molar-refractivity contribution in [2.45, 2.75) is 38.8 Å². The lowest BCUT2D eigenvalue weighted by atomic mass is 10.1. The van der Waals surface area contributed by atoms with Crippen molar-refractivity contribution in [2.75, 3.05) is 16.6 Å². The first-order chi connectivity index (χ1) is 16.7. The Morgan fingerprint density at radius 2 is 1.66 bits per heavy atom. The van der Waals surface area contributed by atoms with Gasteiger partial charge in [0.15, 0.2) is 25.1 Å². The summed E-state index contributed by atoms with van der Waals surface area (Å²) in [5, 5.41) is 23.6. The second-order valence-corrected chi connectivity index (χ2v) is 9.72. The van der Waals surface area contributed by atoms with Gasteiger partial charge in [0.25, 0.3) is 10.0 Å². The lowest BCUT2D eigenvalue weighted by molar-refractivity contribution is -0.698. The van der Waals surface area contributed by atoms with Crippen LogP contribution in [-0.2, 0) is 23.1 Å². The van der Waals surface area contributed by atoms with E-state index in [4.69, 9.17) is 10.4 Å². The van der Waals surface area contributed by atoms with Gasteiger partial charge in [-0.3, -0.25) is 10.0 Å². The molecule has 9 nitrogen and oxygen atoms in total. The van der Waals surface area contributed by atoms with Gasteiger partial charge in [0.1, 0.15) is 6.61 Å². The van der Waals surface area contributed by atoms with Crippen molar-refractivity contribution in [2.24, 2.45) is 4.99 Å². The maximum Gasteiger partial charge on any atom is 0.262 e. The average molecular weight is 494 g/mol. The van der Waals surface area contributed by atoms with E-state index in [1.165, 1.54) is 0 Å². The van der Waals surface area contributed by atoms with Gasteiger partial charge in [-0.25, -0.2) is 18.0 Å². The van der Waals surface area contributed by atoms with Gasteiger partial charge in [-0.1, -0.05) is 29.8 Å². The topological polar surface area (TPSA) is 130 Å². The van der Waals surface area contributed by atoms with Crippen LogP contribution in [0, 0.1) is 32.2 Å². The molecule has 1 heterocycles. The number of nitrogens with one attached hydrogen (secondary N) is 3. The van der Waals surface area contributed by atoms with Gasteiger partial charge in [0.05, 0.1) is 17.1 Å². The number of aryl methyl sites for hydroxylation is 3. The summed E-state index contributed by atoms with van der Waals surface area (Å²) in [6.07, 6.45) is 5.48. The molecule has 182 valence electrons. The number of hydrogen-bond acceptors (Lipinski definition) is 5. The molecule has 0 spiro atoms. The summed E-state index contributed by atoms with van der Waals surface area (Å²) in [7, 11) is -3.73. The zero-order chi connectivity index (χ0) is 25.4. The third-order valence-electron chi connectivity index (χ3n) is 5.19. The van der Waals surface area contributed by atoms with Crippen LogP contribution in [0.15, 0.2) is 70.8 Å². The molecule has 2 aromatic carbocycles. The van der Waals surface area contributed by atoms with Crippen LogP contribution in [0.25, 0.3) is 0 Å². The molecular weight excluding hydrogens is 464 g/mol. The van der Waals surface area contributed by atoms with Gasteiger partial charge in [-0.2, -0.15) is 5.26 Å². The number of anilines is 2. The van der Waals surface area contributed by atoms with Gasteiger partial charge in [0, 0.05) is 17.8 Å². The normalized spacial score (nSPS) is 11.6. The number of sulfonamides is 1. The number of rotatable bonds is 8. The number of guanidine groups is 1. The molecule has 4 N–H and O–H groups in total. The minimum Gasteiger partial charge on any atom is -0.390 e. The van der Waals surface area contributed by atoms with Crippen LogP contribution >= 0.6 is 0 Å². The fourth-order valence-electron chi connectivity index (χ4n) is 3.75. The van der Waals surface area contributed by atoms with Gasteiger partial charge in [-0.15, -0.1) is 0 Å². The van der Waals surface area contributed by atoms with Crippen molar-refractivity contribution in [3.05, 3.63) is 83.2 Å². The van der Waals surface area contributed by atoms with E-state index in [1.54, 1.807) is 38.1 Å². The highest BCUT2D eigenvalue weighted by Crippen LogP contribution is 2.24. The molecule has 0 fully saturated rings. The van der Waals surface area contributed by atoms with Crippen molar-refractivity contribution in [1.82, 2.24) is 5.32 Å². The van der Waals surface area contributed by atoms with Crippen LogP contribution in [0.5, 0.6) is 0 Å². The summed E-state index contributed by atoms with van der Waals surface area (Å²) >= 11 is 0. The fourth-order valence-corrected chi connectivity index (χ4v) is 5.26. The molecule has 0 saturated carbocycles. The van der Waals surface area contributed by atoms with E-state index < -0.39 is 10.0 Å². The molecule has 0 aliphatic carbocycles. The first-order valence-electron chi connectivity index (χ1n) is 11.0. The van der Waals surface area contributed by atoms with Crippen LogP contribution < -0.4 is 19.9 Å². The molecule has 0 aliphatic rings. The summed E-state index contributed by atoms with van der Waals surface area (Å²) in [5.74, 6) is 0.280. The predicted octanol–water partition coefficient (Wildman–Crippen LogP) is 2.73. The van der Waals surface area contributed by atoms with E-state index in [0.29, 0.717) is 23.4 Å². The summed E-state index contributed by atoms with van der Waals surface area (Å²) in [4.78, 5) is 4.70. The fraction of sp³-hybridized carbons (Fsp3) is 0.240. The number of hydrogen-bond donors (Lipinski definition) is 4. The zero-order valence-electron chi connectivity index (χ0n) is 19.9. The zero-order valence-corrected chi connectivity index (χ0v) is 20.7. The van der Waals surface area contributed by atoms with Crippen LogP contribution in [0.2, 0.25) is 0 Å². The molecule has 0 unspecified atom stereocenters. The first kappa shape index (κ1) is 25.7. The van der Waals surface area contributed by atoms with Crippen molar-refractivity contribution in [3.8, 4) is 6.19 Å². The minimum atomic E-state index is -3.73. The van der Waals surface area contributed by atoms with Crippen LogP contribution in [-0.4, -0.2) is 26.1 Å². The highest BCUT2D eigenvalue weighted by Gasteiger charge is 2.20. The molecule has 3 aromatic rings. The maximum atomic E-state index is 13.0. The molecule has 1 aromatic heterocycles. The molecule has 10 heteroatoms. The van der Waals surface area contributed by atoms with Crippen LogP contribution in [0.4, 0.5) is 11.4 Å². The van der Waals surface area contributed by atoms with Gasteiger partial charge < -0.3 is 10.4 Å².